The fourth-order valence-corrected chi connectivity index (χ4v) is 1.52. The van der Waals surface area contributed by atoms with Gasteiger partial charge in [0, 0.05) is 0 Å². The maximum absolute atomic E-state index is 8.63. The van der Waals surface area contributed by atoms with Gasteiger partial charge in [0.15, 0.2) is 0 Å². The summed E-state index contributed by atoms with van der Waals surface area (Å²) in [4.78, 5) is 25.9. The average molecular weight is 208 g/mol. The fraction of sp³-hybridized carbons (Fsp3) is 1.00. The first-order valence-electron chi connectivity index (χ1n) is 4.64. The topological polar surface area (TPSA) is 98.7 Å². The van der Waals surface area contributed by atoms with Gasteiger partial charge in [0.25, 0.3) is 0 Å². The van der Waals surface area contributed by atoms with Crippen LogP contribution in [0.2, 0.25) is 0 Å². The fourth-order valence-electron chi connectivity index (χ4n) is 1.00. The Morgan fingerprint density at radius 2 is 1.62 bits per heavy atom. The van der Waals surface area contributed by atoms with Crippen molar-refractivity contribution in [2.75, 3.05) is 19.3 Å². The molecule has 0 rings (SSSR count). The highest BCUT2D eigenvalue weighted by Gasteiger charge is 2.25. The number of nitrogens with two attached hydrogens (primary N) is 1. The minimum absolute atomic E-state index is 0.0795. The van der Waals surface area contributed by atoms with E-state index in [9.17, 15) is 0 Å². The molecule has 0 aliphatic rings. The first kappa shape index (κ1) is 13.0. The van der Waals surface area contributed by atoms with Crippen LogP contribution in [-0.4, -0.2) is 42.4 Å². The van der Waals surface area contributed by atoms with Crippen LogP contribution >= 0.6 is 0 Å². The third kappa shape index (κ3) is 12.0. The van der Waals surface area contributed by atoms with Crippen LogP contribution in [0.1, 0.15) is 25.7 Å². The van der Waals surface area contributed by atoms with Crippen LogP contribution in [-0.2, 0) is 0 Å². The Balaban J connectivity index is 3.00. The number of rotatable bonds is 8. The number of hydrogen-bond acceptors (Lipinski definition) is 5. The van der Waals surface area contributed by atoms with Crippen molar-refractivity contribution in [2.24, 2.45) is 5.73 Å². The van der Waals surface area contributed by atoms with Crippen LogP contribution in [0, 0.1) is 0 Å². The summed E-state index contributed by atoms with van der Waals surface area (Å²) in [6, 6.07) is 0. The van der Waals surface area contributed by atoms with Gasteiger partial charge in [-0.3, -0.25) is 0 Å². The molecule has 0 aromatic carbocycles. The van der Waals surface area contributed by atoms with Crippen LogP contribution in [0.5, 0.6) is 0 Å². The highest BCUT2D eigenvalue weighted by atomic mass is 28.4. The number of unbranched alkanes of at least 4 members (excludes halogenated alkanes) is 3. The van der Waals surface area contributed by atoms with Gasteiger partial charge in [-0.05, 0) is 25.9 Å². The zero-order chi connectivity index (χ0) is 10.2. The SMILES string of the molecule is NCCCCCCNC[Si](O)(O)O. The lowest BCUT2D eigenvalue weighted by atomic mass is 10.2. The van der Waals surface area contributed by atoms with E-state index in [4.69, 9.17) is 20.1 Å². The summed E-state index contributed by atoms with van der Waals surface area (Å²) >= 11 is 0. The standard InChI is InChI=1S/C7H20N2O3Si/c8-5-3-1-2-4-6-9-7-13(10,11)12/h9-12H,1-8H2. The third-order valence-electron chi connectivity index (χ3n) is 1.67. The Kier molecular flexibility index (Phi) is 7.43. The summed E-state index contributed by atoms with van der Waals surface area (Å²) in [6.45, 7) is 1.44. The Morgan fingerprint density at radius 3 is 2.15 bits per heavy atom. The Hall–Kier alpha value is 0.0169. The molecular weight excluding hydrogens is 188 g/mol. The molecule has 0 saturated carbocycles. The van der Waals surface area contributed by atoms with E-state index in [2.05, 4.69) is 5.32 Å². The van der Waals surface area contributed by atoms with E-state index in [-0.39, 0.29) is 6.17 Å². The first-order chi connectivity index (χ1) is 6.06. The molecule has 13 heavy (non-hydrogen) atoms. The van der Waals surface area contributed by atoms with Gasteiger partial charge >= 0.3 is 8.80 Å². The summed E-state index contributed by atoms with van der Waals surface area (Å²) < 4.78 is 0. The summed E-state index contributed by atoms with van der Waals surface area (Å²) in [6.07, 6.45) is 4.13. The Labute approximate surface area is 80.0 Å². The minimum atomic E-state index is -3.86. The van der Waals surface area contributed by atoms with Crippen molar-refractivity contribution in [1.82, 2.24) is 5.32 Å². The average Bonchev–Trinajstić information content (AvgIpc) is 2.01. The molecule has 6 heteroatoms. The van der Waals surface area contributed by atoms with E-state index in [0.717, 1.165) is 32.2 Å². The molecule has 0 spiro atoms. The van der Waals surface area contributed by atoms with Crippen molar-refractivity contribution >= 4 is 8.80 Å². The molecule has 0 radical (unpaired) electrons. The van der Waals surface area contributed by atoms with Crippen LogP contribution in [0.25, 0.3) is 0 Å². The lowest BCUT2D eigenvalue weighted by Crippen LogP contribution is -2.46. The maximum atomic E-state index is 8.63. The zero-order valence-electron chi connectivity index (χ0n) is 7.87. The second kappa shape index (κ2) is 7.42. The molecule has 6 N–H and O–H groups in total. The highest BCUT2D eigenvalue weighted by molar-refractivity contribution is 6.56. The molecule has 0 aromatic rings. The molecule has 0 fully saturated rings. The van der Waals surface area contributed by atoms with Crippen LogP contribution in [0.3, 0.4) is 0 Å². The molecule has 5 nitrogen and oxygen atoms in total. The third-order valence-corrected chi connectivity index (χ3v) is 2.39. The van der Waals surface area contributed by atoms with Gasteiger partial charge in [0.1, 0.15) is 0 Å². The summed E-state index contributed by atoms with van der Waals surface area (Å²) in [5.74, 6) is 0. The van der Waals surface area contributed by atoms with E-state index in [1.54, 1.807) is 0 Å². The van der Waals surface area contributed by atoms with E-state index in [1.165, 1.54) is 0 Å². The van der Waals surface area contributed by atoms with Crippen molar-refractivity contribution < 1.29 is 14.4 Å². The van der Waals surface area contributed by atoms with Gasteiger partial charge in [0.05, 0.1) is 6.17 Å². The smallest absolute Gasteiger partial charge is 0.389 e. The first-order valence-corrected chi connectivity index (χ1v) is 6.69. The van der Waals surface area contributed by atoms with Gasteiger partial charge in [-0.25, -0.2) is 0 Å². The molecule has 0 aliphatic heterocycles. The normalized spacial score (nSPS) is 12.0. The number of nitrogens with one attached hydrogen (secondary N) is 1. The van der Waals surface area contributed by atoms with Crippen molar-refractivity contribution in [1.29, 1.82) is 0 Å². The largest absolute Gasteiger partial charge is 0.507 e. The van der Waals surface area contributed by atoms with Crippen molar-refractivity contribution in [2.45, 2.75) is 25.7 Å². The molecule has 0 heterocycles. The van der Waals surface area contributed by atoms with Gasteiger partial charge in [-0.2, -0.15) is 0 Å². The quantitative estimate of drug-likeness (QED) is 0.248. The Morgan fingerprint density at radius 1 is 1.00 bits per heavy atom. The monoisotopic (exact) mass is 208 g/mol. The van der Waals surface area contributed by atoms with Crippen molar-refractivity contribution in [3.8, 4) is 0 Å². The lowest BCUT2D eigenvalue weighted by Gasteiger charge is -2.09. The molecule has 0 atom stereocenters. The van der Waals surface area contributed by atoms with E-state index < -0.39 is 8.80 Å². The molecule has 0 saturated heterocycles. The molecule has 80 valence electrons. The predicted molar refractivity (Wildman–Crippen MR) is 52.8 cm³/mol. The van der Waals surface area contributed by atoms with Gasteiger partial charge in [0.2, 0.25) is 0 Å². The zero-order valence-corrected chi connectivity index (χ0v) is 8.87. The van der Waals surface area contributed by atoms with Crippen LogP contribution in [0.15, 0.2) is 0 Å². The maximum Gasteiger partial charge on any atom is 0.507 e. The second-order valence-corrected chi connectivity index (χ2v) is 5.06. The molecule has 0 bridgehead atoms. The summed E-state index contributed by atoms with van der Waals surface area (Å²) in [5.41, 5.74) is 5.32. The van der Waals surface area contributed by atoms with Crippen molar-refractivity contribution in [3.63, 3.8) is 0 Å². The van der Waals surface area contributed by atoms with E-state index in [1.807, 2.05) is 0 Å². The molecule has 0 aliphatic carbocycles. The van der Waals surface area contributed by atoms with Crippen molar-refractivity contribution in [3.05, 3.63) is 0 Å². The van der Waals surface area contributed by atoms with E-state index in [0.29, 0.717) is 6.54 Å². The van der Waals surface area contributed by atoms with Crippen LogP contribution in [0.4, 0.5) is 0 Å². The van der Waals surface area contributed by atoms with E-state index >= 15 is 0 Å². The molecule has 0 aromatic heterocycles. The van der Waals surface area contributed by atoms with Gasteiger partial charge in [-0.1, -0.05) is 12.8 Å². The molecule has 0 amide bonds. The highest BCUT2D eigenvalue weighted by Crippen LogP contribution is 1.96. The molecule has 0 unspecified atom stereocenters. The molecular formula is C7H20N2O3Si. The summed E-state index contributed by atoms with van der Waals surface area (Å²) in [7, 11) is -3.86. The van der Waals surface area contributed by atoms with Crippen LogP contribution < -0.4 is 11.1 Å². The second-order valence-electron chi connectivity index (χ2n) is 3.15. The lowest BCUT2D eigenvalue weighted by molar-refractivity contribution is 0.224. The predicted octanol–water partition coefficient (Wildman–Crippen LogP) is -1.45. The number of hydrogen-bond donors (Lipinski definition) is 5. The minimum Gasteiger partial charge on any atom is -0.389 e. The van der Waals surface area contributed by atoms with Gasteiger partial charge < -0.3 is 25.4 Å². The summed E-state index contributed by atoms with van der Waals surface area (Å²) in [5, 5.41) is 2.78. The van der Waals surface area contributed by atoms with Gasteiger partial charge in [-0.15, -0.1) is 0 Å². The Bertz CT molecular complexity index is 119.